The molecule has 40 heavy (non-hydrogen) atoms. The number of amides is 2. The molecule has 0 fully saturated rings. The maximum atomic E-state index is 14.0. The zero-order chi connectivity index (χ0) is 28.9. The van der Waals surface area contributed by atoms with E-state index in [1.807, 2.05) is 45.0 Å². The van der Waals surface area contributed by atoms with Gasteiger partial charge in [0.2, 0.25) is 11.8 Å². The number of fused-ring (bicyclic) bond motifs is 1. The topological polar surface area (TPSA) is 105 Å². The number of sulfonamides is 1. The molecule has 9 nitrogen and oxygen atoms in total. The average molecular weight is 566 g/mol. The van der Waals surface area contributed by atoms with Gasteiger partial charge in [0, 0.05) is 18.7 Å². The molecule has 4 rings (SSSR count). The fraction of sp³-hybridized carbons (Fsp3) is 0.333. The van der Waals surface area contributed by atoms with Gasteiger partial charge in [-0.3, -0.25) is 13.9 Å². The summed E-state index contributed by atoms with van der Waals surface area (Å²) in [5, 5.41) is 2.85. The van der Waals surface area contributed by atoms with Crippen molar-refractivity contribution < 1.29 is 27.5 Å². The van der Waals surface area contributed by atoms with Crippen LogP contribution in [0.1, 0.15) is 31.9 Å². The number of benzene rings is 3. The van der Waals surface area contributed by atoms with Crippen LogP contribution in [0, 0.1) is 6.92 Å². The van der Waals surface area contributed by atoms with Crippen LogP contribution in [0.2, 0.25) is 0 Å². The normalized spacial score (nSPS) is 13.4. The smallest absolute Gasteiger partial charge is 0.264 e. The first kappa shape index (κ1) is 28.9. The zero-order valence-corrected chi connectivity index (χ0v) is 24.0. The predicted octanol–water partition coefficient (Wildman–Crippen LogP) is 3.90. The SMILES string of the molecule is Cc1ccc(CN(C(=O)CN(c2ccc3c(c2)OCCO3)S(=O)(=O)c2ccccc2)C(C)C(=O)NC(C)C)cc1. The highest BCUT2D eigenvalue weighted by Crippen LogP contribution is 2.36. The van der Waals surface area contributed by atoms with E-state index in [4.69, 9.17) is 9.47 Å². The highest BCUT2D eigenvalue weighted by molar-refractivity contribution is 7.92. The van der Waals surface area contributed by atoms with Gasteiger partial charge in [0.15, 0.2) is 11.5 Å². The molecule has 0 saturated carbocycles. The lowest BCUT2D eigenvalue weighted by atomic mass is 10.1. The maximum Gasteiger partial charge on any atom is 0.264 e. The predicted molar refractivity (Wildman–Crippen MR) is 153 cm³/mol. The number of aryl methyl sites for hydroxylation is 1. The van der Waals surface area contributed by atoms with Crippen LogP contribution in [0.4, 0.5) is 5.69 Å². The van der Waals surface area contributed by atoms with Gasteiger partial charge in [0.05, 0.1) is 10.6 Å². The molecule has 3 aromatic carbocycles. The molecule has 0 aromatic heterocycles. The molecule has 1 aliphatic rings. The number of nitrogens with zero attached hydrogens (tertiary/aromatic N) is 2. The van der Waals surface area contributed by atoms with Crippen molar-refractivity contribution in [3.63, 3.8) is 0 Å². The van der Waals surface area contributed by atoms with Crippen LogP contribution < -0.4 is 19.1 Å². The average Bonchev–Trinajstić information content (AvgIpc) is 2.95. The molecule has 1 heterocycles. The Morgan fingerprint density at radius 1 is 0.900 bits per heavy atom. The van der Waals surface area contributed by atoms with Crippen molar-refractivity contribution >= 4 is 27.5 Å². The first-order chi connectivity index (χ1) is 19.1. The standard InChI is InChI=1S/C30H35N3O6S/c1-21(2)31-30(35)23(4)32(19-24-12-10-22(3)11-13-24)29(34)20-33(40(36,37)26-8-6-5-7-9-26)25-14-15-27-28(18-25)39-17-16-38-27/h5-15,18,21,23H,16-17,19-20H2,1-4H3,(H,31,35). The van der Waals surface area contributed by atoms with E-state index < -0.39 is 28.5 Å². The van der Waals surface area contributed by atoms with Crippen LogP contribution in [0.25, 0.3) is 0 Å². The molecule has 0 saturated heterocycles. The Labute approximate surface area is 235 Å². The van der Waals surface area contributed by atoms with Gasteiger partial charge in [-0.05, 0) is 57.5 Å². The Bertz CT molecular complexity index is 1440. The van der Waals surface area contributed by atoms with Gasteiger partial charge in [-0.15, -0.1) is 0 Å². The second-order valence-corrected chi connectivity index (χ2v) is 11.9. The molecule has 0 aliphatic carbocycles. The number of carbonyl (C=O) groups excluding carboxylic acids is 2. The van der Waals surface area contributed by atoms with Crippen LogP contribution in [0.3, 0.4) is 0 Å². The summed E-state index contributed by atoms with van der Waals surface area (Å²) in [5.41, 5.74) is 2.13. The summed E-state index contributed by atoms with van der Waals surface area (Å²) in [6.45, 7) is 7.61. The first-order valence-electron chi connectivity index (χ1n) is 13.2. The van der Waals surface area contributed by atoms with Gasteiger partial charge >= 0.3 is 0 Å². The van der Waals surface area contributed by atoms with Crippen molar-refractivity contribution in [2.75, 3.05) is 24.1 Å². The molecule has 212 valence electrons. The molecule has 1 unspecified atom stereocenters. The van der Waals surface area contributed by atoms with Crippen LogP contribution >= 0.6 is 0 Å². The van der Waals surface area contributed by atoms with E-state index in [-0.39, 0.29) is 29.1 Å². The summed E-state index contributed by atoms with van der Waals surface area (Å²) in [7, 11) is -4.16. The van der Waals surface area contributed by atoms with E-state index in [1.165, 1.54) is 17.0 Å². The Balaban J connectivity index is 1.73. The molecular formula is C30H35N3O6S. The minimum atomic E-state index is -4.16. The summed E-state index contributed by atoms with van der Waals surface area (Å²) >= 11 is 0. The van der Waals surface area contributed by atoms with Crippen molar-refractivity contribution in [2.24, 2.45) is 0 Å². The first-order valence-corrected chi connectivity index (χ1v) is 14.6. The van der Waals surface area contributed by atoms with E-state index >= 15 is 0 Å². The van der Waals surface area contributed by atoms with Crippen LogP contribution in [0.15, 0.2) is 77.7 Å². The number of carbonyl (C=O) groups is 2. The molecule has 1 atom stereocenters. The fourth-order valence-corrected chi connectivity index (χ4v) is 5.74. The molecule has 1 N–H and O–H groups in total. The van der Waals surface area contributed by atoms with Gasteiger partial charge in [0.1, 0.15) is 25.8 Å². The maximum absolute atomic E-state index is 14.0. The molecular weight excluding hydrogens is 530 g/mol. The molecule has 0 radical (unpaired) electrons. The summed E-state index contributed by atoms with van der Waals surface area (Å²) in [4.78, 5) is 28.4. The summed E-state index contributed by atoms with van der Waals surface area (Å²) < 4.78 is 40.2. The number of hydrogen-bond donors (Lipinski definition) is 1. The Hall–Kier alpha value is -4.05. The number of ether oxygens (including phenoxy) is 2. The molecule has 1 aliphatic heterocycles. The largest absolute Gasteiger partial charge is 0.486 e. The third-order valence-electron chi connectivity index (χ3n) is 6.50. The van der Waals surface area contributed by atoms with Gasteiger partial charge in [-0.1, -0.05) is 48.0 Å². The van der Waals surface area contributed by atoms with Crippen LogP contribution in [0.5, 0.6) is 11.5 Å². The van der Waals surface area contributed by atoms with Gasteiger partial charge in [-0.2, -0.15) is 0 Å². The number of hydrogen-bond acceptors (Lipinski definition) is 6. The lowest BCUT2D eigenvalue weighted by Gasteiger charge is -2.32. The molecule has 0 spiro atoms. The van der Waals surface area contributed by atoms with Crippen molar-refractivity contribution in [2.45, 2.75) is 51.2 Å². The zero-order valence-electron chi connectivity index (χ0n) is 23.2. The minimum Gasteiger partial charge on any atom is -0.486 e. The molecule has 3 aromatic rings. The quantitative estimate of drug-likeness (QED) is 0.400. The lowest BCUT2D eigenvalue weighted by molar-refractivity contribution is -0.139. The Kier molecular flexibility index (Phi) is 8.99. The summed E-state index contributed by atoms with van der Waals surface area (Å²) in [5.74, 6) is 0.0395. The second kappa shape index (κ2) is 12.4. The van der Waals surface area contributed by atoms with Crippen molar-refractivity contribution in [1.29, 1.82) is 0 Å². The van der Waals surface area contributed by atoms with Crippen LogP contribution in [-0.2, 0) is 26.2 Å². The van der Waals surface area contributed by atoms with Crippen molar-refractivity contribution in [3.8, 4) is 11.5 Å². The molecule has 10 heteroatoms. The monoisotopic (exact) mass is 565 g/mol. The number of nitrogens with one attached hydrogen (secondary N) is 1. The number of rotatable bonds is 10. The van der Waals surface area contributed by atoms with Crippen molar-refractivity contribution in [3.05, 3.63) is 83.9 Å². The summed E-state index contributed by atoms with van der Waals surface area (Å²) in [6.07, 6.45) is 0. The van der Waals surface area contributed by atoms with Gasteiger partial charge in [0.25, 0.3) is 10.0 Å². The second-order valence-electron chi connectivity index (χ2n) is 10.00. The molecule has 0 bridgehead atoms. The van der Waals surface area contributed by atoms with E-state index in [0.717, 1.165) is 15.4 Å². The van der Waals surface area contributed by atoms with E-state index in [0.29, 0.717) is 24.7 Å². The minimum absolute atomic E-state index is 0.0355. The Morgan fingerprint density at radius 3 is 2.20 bits per heavy atom. The number of anilines is 1. The third-order valence-corrected chi connectivity index (χ3v) is 8.28. The van der Waals surface area contributed by atoms with Gasteiger partial charge < -0.3 is 19.7 Å². The van der Waals surface area contributed by atoms with Crippen molar-refractivity contribution in [1.82, 2.24) is 10.2 Å². The third kappa shape index (κ3) is 6.74. The van der Waals surface area contributed by atoms with Gasteiger partial charge in [-0.25, -0.2) is 8.42 Å². The molecule has 2 amide bonds. The lowest BCUT2D eigenvalue weighted by Crippen LogP contribution is -2.52. The summed E-state index contributed by atoms with van der Waals surface area (Å²) in [6, 6.07) is 19.4. The van der Waals surface area contributed by atoms with Crippen LogP contribution in [-0.4, -0.2) is 57.0 Å². The fourth-order valence-electron chi connectivity index (χ4n) is 4.31. The highest BCUT2D eigenvalue weighted by Gasteiger charge is 2.33. The van der Waals surface area contributed by atoms with E-state index in [1.54, 1.807) is 43.3 Å². The Morgan fingerprint density at radius 2 is 1.55 bits per heavy atom. The van der Waals surface area contributed by atoms with E-state index in [2.05, 4.69) is 5.32 Å². The highest BCUT2D eigenvalue weighted by atomic mass is 32.2. The van der Waals surface area contributed by atoms with E-state index in [9.17, 15) is 18.0 Å².